The lowest BCUT2D eigenvalue weighted by Crippen LogP contribution is -2.39. The lowest BCUT2D eigenvalue weighted by atomic mass is 10.00. The Morgan fingerprint density at radius 3 is 2.76 bits per heavy atom. The molecule has 0 spiro atoms. The van der Waals surface area contributed by atoms with Gasteiger partial charge in [0.15, 0.2) is 5.82 Å². The molecule has 0 aliphatic carbocycles. The first-order chi connectivity index (χ1) is 15.8. The third-order valence-electron chi connectivity index (χ3n) is 5.56. The van der Waals surface area contributed by atoms with Gasteiger partial charge in [0, 0.05) is 23.5 Å². The van der Waals surface area contributed by atoms with Gasteiger partial charge in [-0.05, 0) is 44.5 Å². The van der Waals surface area contributed by atoms with E-state index in [1.807, 2.05) is 19.9 Å². The second kappa shape index (κ2) is 8.97. The zero-order valence-electron chi connectivity index (χ0n) is 18.4. The zero-order valence-corrected chi connectivity index (χ0v) is 18.4. The Balaban J connectivity index is 1.55. The first kappa shape index (κ1) is 22.4. The molecule has 3 heterocycles. The number of hydrogen-bond acceptors (Lipinski definition) is 7. The smallest absolute Gasteiger partial charge is 0.416 e. The molecule has 3 N–H and O–H groups in total. The molecule has 172 valence electrons. The van der Waals surface area contributed by atoms with E-state index in [4.69, 9.17) is 10.5 Å². The third-order valence-corrected chi connectivity index (χ3v) is 5.56. The summed E-state index contributed by atoms with van der Waals surface area (Å²) in [6.45, 7) is 5.07. The fraction of sp³-hybridized carbons (Fsp3) is 0.304. The van der Waals surface area contributed by atoms with Gasteiger partial charge in [0.1, 0.15) is 24.6 Å². The molecule has 0 unspecified atom stereocenters. The number of carbonyl (C=O) groups is 1. The van der Waals surface area contributed by atoms with Crippen LogP contribution in [0.15, 0.2) is 42.7 Å². The molecule has 4 rings (SSSR count). The van der Waals surface area contributed by atoms with Gasteiger partial charge in [-0.25, -0.2) is 18.6 Å². The maximum Gasteiger partial charge on any atom is 0.416 e. The number of cyclic esters (lactones) is 1. The van der Waals surface area contributed by atoms with Crippen LogP contribution in [0.3, 0.4) is 0 Å². The predicted octanol–water partition coefficient (Wildman–Crippen LogP) is 4.42. The Kier molecular flexibility index (Phi) is 6.08. The number of aromatic nitrogens is 3. The molecule has 1 aliphatic heterocycles. The molecule has 0 bridgehead atoms. The van der Waals surface area contributed by atoms with Crippen molar-refractivity contribution in [1.29, 1.82) is 0 Å². The van der Waals surface area contributed by atoms with Crippen LogP contribution in [-0.4, -0.2) is 39.9 Å². The number of anilines is 3. The molecule has 1 fully saturated rings. The number of aryl methyl sites for hydroxylation is 1. The highest BCUT2D eigenvalue weighted by Crippen LogP contribution is 2.30. The normalized spacial score (nSPS) is 17.5. The molecule has 1 aliphatic rings. The van der Waals surface area contributed by atoms with Gasteiger partial charge in [-0.1, -0.05) is 12.1 Å². The van der Waals surface area contributed by atoms with E-state index in [0.29, 0.717) is 16.8 Å². The van der Waals surface area contributed by atoms with E-state index in [-0.39, 0.29) is 30.1 Å². The highest BCUT2D eigenvalue weighted by Gasteiger charge is 2.39. The number of rotatable bonds is 6. The van der Waals surface area contributed by atoms with Gasteiger partial charge in [0.2, 0.25) is 5.95 Å². The Hall–Kier alpha value is -3.82. The van der Waals surface area contributed by atoms with Crippen molar-refractivity contribution in [3.8, 4) is 11.1 Å². The molecular weight excluding hydrogens is 430 g/mol. The molecule has 1 amide bonds. The zero-order chi connectivity index (χ0) is 23.7. The van der Waals surface area contributed by atoms with Gasteiger partial charge in [-0.2, -0.15) is 4.98 Å². The molecule has 1 saturated heterocycles. The fourth-order valence-corrected chi connectivity index (χ4v) is 3.71. The number of nitrogens with zero attached hydrogens (tertiary/aromatic N) is 4. The molecule has 3 atom stereocenters. The topological polar surface area (TPSA) is 106 Å². The minimum Gasteiger partial charge on any atom is -0.447 e. The number of nitrogen functional groups attached to an aromatic ring is 1. The van der Waals surface area contributed by atoms with Crippen molar-refractivity contribution < 1.29 is 18.3 Å². The Labute approximate surface area is 189 Å². The van der Waals surface area contributed by atoms with Crippen molar-refractivity contribution in [1.82, 2.24) is 15.0 Å². The molecule has 8 nitrogen and oxygen atoms in total. The summed E-state index contributed by atoms with van der Waals surface area (Å²) in [4.78, 5) is 26.3. The summed E-state index contributed by atoms with van der Waals surface area (Å²) in [5.74, 6) is 0.0107. The van der Waals surface area contributed by atoms with Gasteiger partial charge in [-0.15, -0.1) is 0 Å². The number of pyridine rings is 1. The van der Waals surface area contributed by atoms with E-state index in [1.165, 1.54) is 30.2 Å². The molecule has 10 heteroatoms. The first-order valence-electron chi connectivity index (χ1n) is 10.5. The number of hydrogen-bond donors (Lipinski definition) is 2. The molecule has 1 aromatic carbocycles. The van der Waals surface area contributed by atoms with Crippen LogP contribution in [0.25, 0.3) is 11.1 Å². The fourth-order valence-electron chi connectivity index (χ4n) is 3.71. The van der Waals surface area contributed by atoms with E-state index < -0.39 is 24.1 Å². The van der Waals surface area contributed by atoms with E-state index in [0.717, 1.165) is 5.56 Å². The number of ether oxygens (including phenoxy) is 1. The number of alkyl halides is 1. The highest BCUT2D eigenvalue weighted by atomic mass is 19.1. The molecule has 33 heavy (non-hydrogen) atoms. The number of nitrogens with two attached hydrogens (primary N) is 1. The predicted molar refractivity (Wildman–Crippen MR) is 121 cm³/mol. The van der Waals surface area contributed by atoms with Crippen molar-refractivity contribution in [2.45, 2.75) is 39.0 Å². The molecule has 3 aromatic rings. The van der Waals surface area contributed by atoms with Crippen LogP contribution < -0.4 is 16.0 Å². The number of nitrogens with one attached hydrogen (secondary N) is 1. The monoisotopic (exact) mass is 454 g/mol. The maximum atomic E-state index is 14.4. The lowest BCUT2D eigenvalue weighted by molar-refractivity contribution is 0.174. The van der Waals surface area contributed by atoms with E-state index >= 15 is 0 Å². The van der Waals surface area contributed by atoms with E-state index in [1.54, 1.807) is 18.3 Å². The summed E-state index contributed by atoms with van der Waals surface area (Å²) in [6.07, 6.45) is 1.15. The van der Waals surface area contributed by atoms with Crippen LogP contribution in [0.4, 0.5) is 31.0 Å². The van der Waals surface area contributed by atoms with Crippen LogP contribution >= 0.6 is 0 Å². The number of halogens is 2. The van der Waals surface area contributed by atoms with Gasteiger partial charge in [0.25, 0.3) is 0 Å². The average molecular weight is 454 g/mol. The van der Waals surface area contributed by atoms with Crippen molar-refractivity contribution in [3.05, 3.63) is 59.8 Å². The summed E-state index contributed by atoms with van der Waals surface area (Å²) < 4.78 is 33.3. The van der Waals surface area contributed by atoms with Crippen molar-refractivity contribution in [3.63, 3.8) is 0 Å². The van der Waals surface area contributed by atoms with E-state index in [9.17, 15) is 13.6 Å². The van der Waals surface area contributed by atoms with Crippen molar-refractivity contribution >= 4 is 23.5 Å². The molecule has 2 aromatic heterocycles. The molecular formula is C23H24F2N6O2. The quantitative estimate of drug-likeness (QED) is 0.531. The average Bonchev–Trinajstić information content (AvgIpc) is 3.18. The standard InChI is InChI=1S/C23H24F2N6O2/c1-12-9-18(28-10-16(12)15-5-4-6-17(26)21(15)25)14(3)29-22-27-8-7-20(30-22)31-19(13(2)24)11-33-23(31)32/h4-10,13-14,19H,11,26H2,1-3H3,(H,27,29,30)/t13-,14-,19+/m0/s1. The summed E-state index contributed by atoms with van der Waals surface area (Å²) >= 11 is 0. The number of benzene rings is 1. The lowest BCUT2D eigenvalue weighted by Gasteiger charge is -2.22. The van der Waals surface area contributed by atoms with Crippen molar-refractivity contribution in [2.24, 2.45) is 0 Å². The SMILES string of the molecule is Cc1cc([C@H](C)Nc2nccc(N3C(=O)OC[C@@H]3[C@H](C)F)n2)ncc1-c1cccc(N)c1F. The van der Waals surface area contributed by atoms with Crippen molar-refractivity contribution in [2.75, 3.05) is 22.6 Å². The Morgan fingerprint density at radius 2 is 2.03 bits per heavy atom. The second-order valence-corrected chi connectivity index (χ2v) is 7.93. The van der Waals surface area contributed by atoms with Crippen LogP contribution in [0.5, 0.6) is 0 Å². The largest absolute Gasteiger partial charge is 0.447 e. The van der Waals surface area contributed by atoms with Gasteiger partial charge >= 0.3 is 6.09 Å². The van der Waals surface area contributed by atoms with Crippen LogP contribution in [-0.2, 0) is 4.74 Å². The highest BCUT2D eigenvalue weighted by molar-refractivity contribution is 5.89. The minimum absolute atomic E-state index is 0.0388. The third kappa shape index (κ3) is 4.41. The van der Waals surface area contributed by atoms with Gasteiger partial charge < -0.3 is 15.8 Å². The second-order valence-electron chi connectivity index (χ2n) is 7.93. The maximum absolute atomic E-state index is 14.4. The van der Waals surface area contributed by atoms with Gasteiger partial charge in [0.05, 0.1) is 17.4 Å². The molecule has 0 saturated carbocycles. The number of amides is 1. The Morgan fingerprint density at radius 1 is 1.24 bits per heavy atom. The van der Waals surface area contributed by atoms with Crippen LogP contribution in [0.1, 0.15) is 31.1 Å². The Bertz CT molecular complexity index is 1190. The summed E-state index contributed by atoms with van der Waals surface area (Å²) in [5, 5.41) is 3.14. The summed E-state index contributed by atoms with van der Waals surface area (Å²) in [6, 6.07) is 7.18. The summed E-state index contributed by atoms with van der Waals surface area (Å²) in [7, 11) is 0. The van der Waals surface area contributed by atoms with Crippen LogP contribution in [0, 0.1) is 12.7 Å². The van der Waals surface area contributed by atoms with Crippen LogP contribution in [0.2, 0.25) is 0 Å². The molecule has 0 radical (unpaired) electrons. The number of carbonyl (C=O) groups excluding carboxylic acids is 1. The first-order valence-corrected chi connectivity index (χ1v) is 10.5. The van der Waals surface area contributed by atoms with Gasteiger partial charge in [-0.3, -0.25) is 9.88 Å². The van der Waals surface area contributed by atoms with E-state index in [2.05, 4.69) is 20.3 Å². The summed E-state index contributed by atoms with van der Waals surface area (Å²) in [5.41, 5.74) is 8.31. The minimum atomic E-state index is -1.28.